The lowest BCUT2D eigenvalue weighted by molar-refractivity contribution is -0.116. The van der Waals surface area contributed by atoms with Gasteiger partial charge in [-0.05, 0) is 59.5 Å². The maximum Gasteiger partial charge on any atom is 0.224 e. The van der Waals surface area contributed by atoms with Crippen LogP contribution in [0.3, 0.4) is 0 Å². The Morgan fingerprint density at radius 3 is 2.46 bits per heavy atom. The fraction of sp³-hybridized carbons (Fsp3) is 0.310. The predicted octanol–water partition coefficient (Wildman–Crippen LogP) is 7.11. The fourth-order valence-electron chi connectivity index (χ4n) is 4.89. The third-order valence-corrected chi connectivity index (χ3v) is 6.78. The number of fused-ring (bicyclic) bond motifs is 2. The first-order valence-corrected chi connectivity index (χ1v) is 12.1. The average molecular weight is 471 g/mol. The van der Waals surface area contributed by atoms with Crippen molar-refractivity contribution >= 4 is 33.3 Å². The number of benzene rings is 3. The molecule has 1 aromatic heterocycles. The molecule has 1 heterocycles. The highest BCUT2D eigenvalue weighted by Crippen LogP contribution is 2.37. The Morgan fingerprint density at radius 1 is 0.914 bits per heavy atom. The van der Waals surface area contributed by atoms with Gasteiger partial charge in [0.25, 0.3) is 0 Å². The van der Waals surface area contributed by atoms with E-state index >= 15 is 0 Å². The Kier molecular flexibility index (Phi) is 6.70. The molecule has 0 unspecified atom stereocenters. The zero-order chi connectivity index (χ0) is 24.2. The third kappa shape index (κ3) is 5.16. The highest BCUT2D eigenvalue weighted by atomic mass is 16.5. The van der Waals surface area contributed by atoms with Gasteiger partial charge in [0.15, 0.2) is 11.5 Å². The maximum absolute atomic E-state index is 12.4. The molecule has 0 spiro atoms. The molecule has 1 aliphatic rings. The zero-order valence-electron chi connectivity index (χ0n) is 20.2. The summed E-state index contributed by atoms with van der Waals surface area (Å²) >= 11 is 0. The molecule has 0 radical (unpaired) electrons. The van der Waals surface area contributed by atoms with Gasteiger partial charge in [-0.2, -0.15) is 0 Å². The highest BCUT2D eigenvalue weighted by Gasteiger charge is 2.16. The number of hydrogen-bond acceptors (Lipinski definition) is 5. The number of amides is 1. The minimum absolute atomic E-state index is 0.0906. The van der Waals surface area contributed by atoms with Gasteiger partial charge in [-0.1, -0.05) is 37.8 Å². The summed E-state index contributed by atoms with van der Waals surface area (Å²) in [5, 5.41) is 5.96. The molecule has 6 nitrogen and oxygen atoms in total. The van der Waals surface area contributed by atoms with E-state index < -0.39 is 0 Å². The molecule has 4 aromatic rings. The Hall–Kier alpha value is -3.80. The number of nitrogens with one attached hydrogen (secondary N) is 1. The second-order valence-corrected chi connectivity index (χ2v) is 9.10. The summed E-state index contributed by atoms with van der Waals surface area (Å²) in [6, 6.07) is 17.4. The number of methoxy groups -OCH3 is 2. The predicted molar refractivity (Wildman–Crippen MR) is 139 cm³/mol. The lowest BCUT2D eigenvalue weighted by Gasteiger charge is -2.13. The summed E-state index contributed by atoms with van der Waals surface area (Å²) in [7, 11) is 3.21. The largest absolute Gasteiger partial charge is 0.493 e. The molecule has 180 valence electrons. The molecular formula is C29H30N2O4. The molecule has 1 amide bonds. The Balaban J connectivity index is 1.32. The van der Waals surface area contributed by atoms with Gasteiger partial charge in [0.05, 0.1) is 19.7 Å². The SMILES string of the molecule is COc1cc2nccc(Oc3ccc4cc(NC(=O)CCC5CCCC5)ccc4c3)c2cc1OC. The quantitative estimate of drug-likeness (QED) is 0.297. The Morgan fingerprint density at radius 2 is 1.66 bits per heavy atom. The molecule has 3 aromatic carbocycles. The molecule has 1 saturated carbocycles. The zero-order valence-corrected chi connectivity index (χ0v) is 20.2. The number of carbonyl (C=O) groups excluding carboxylic acids is 1. The van der Waals surface area contributed by atoms with E-state index in [9.17, 15) is 4.79 Å². The van der Waals surface area contributed by atoms with Gasteiger partial charge >= 0.3 is 0 Å². The molecule has 0 bridgehead atoms. The van der Waals surface area contributed by atoms with Gasteiger partial charge in [0, 0.05) is 29.8 Å². The number of anilines is 1. The lowest BCUT2D eigenvalue weighted by atomic mass is 10.0. The molecular weight excluding hydrogens is 440 g/mol. The minimum Gasteiger partial charge on any atom is -0.493 e. The van der Waals surface area contributed by atoms with Crippen LogP contribution >= 0.6 is 0 Å². The number of rotatable bonds is 8. The minimum atomic E-state index is 0.0906. The van der Waals surface area contributed by atoms with Gasteiger partial charge in [0.2, 0.25) is 5.91 Å². The van der Waals surface area contributed by atoms with Gasteiger partial charge in [0.1, 0.15) is 11.5 Å². The van der Waals surface area contributed by atoms with E-state index in [0.717, 1.165) is 39.7 Å². The Labute approximate surface area is 205 Å². The van der Waals surface area contributed by atoms with Gasteiger partial charge in [-0.25, -0.2) is 0 Å². The second kappa shape index (κ2) is 10.2. The summed E-state index contributed by atoms with van der Waals surface area (Å²) in [6.45, 7) is 0. The van der Waals surface area contributed by atoms with Crippen LogP contribution < -0.4 is 19.5 Å². The van der Waals surface area contributed by atoms with E-state index in [1.807, 2.05) is 54.6 Å². The summed E-state index contributed by atoms with van der Waals surface area (Å²) in [5.74, 6) is 3.45. The standard InChI is InChI=1S/C29H30N2O4/c1-33-27-17-24-25(18-28(27)34-2)30-14-13-26(24)35-23-11-9-20-15-22(10-8-21(20)16-23)31-29(32)12-7-19-5-3-4-6-19/h8-11,13-19H,3-7,12H2,1-2H3,(H,31,32). The first-order valence-electron chi connectivity index (χ1n) is 12.1. The van der Waals surface area contributed by atoms with Crippen molar-refractivity contribution in [3.8, 4) is 23.0 Å². The van der Waals surface area contributed by atoms with Crippen LogP contribution in [0, 0.1) is 5.92 Å². The molecule has 0 atom stereocenters. The molecule has 5 rings (SSSR count). The smallest absolute Gasteiger partial charge is 0.224 e. The number of nitrogens with zero attached hydrogens (tertiary/aromatic N) is 1. The van der Waals surface area contributed by atoms with Gasteiger partial charge < -0.3 is 19.5 Å². The Bertz CT molecular complexity index is 1360. The van der Waals surface area contributed by atoms with Crippen LogP contribution in [0.5, 0.6) is 23.0 Å². The van der Waals surface area contributed by atoms with E-state index in [-0.39, 0.29) is 5.91 Å². The third-order valence-electron chi connectivity index (χ3n) is 6.78. The number of ether oxygens (including phenoxy) is 3. The van der Waals surface area contributed by atoms with Crippen LogP contribution in [0.15, 0.2) is 60.8 Å². The second-order valence-electron chi connectivity index (χ2n) is 9.10. The maximum atomic E-state index is 12.4. The topological polar surface area (TPSA) is 69.7 Å². The number of pyridine rings is 1. The van der Waals surface area contributed by atoms with Crippen molar-refractivity contribution in [1.82, 2.24) is 4.98 Å². The van der Waals surface area contributed by atoms with E-state index in [1.54, 1.807) is 20.4 Å². The first-order chi connectivity index (χ1) is 17.1. The van der Waals surface area contributed by atoms with Crippen molar-refractivity contribution in [3.63, 3.8) is 0 Å². The van der Waals surface area contributed by atoms with Crippen molar-refractivity contribution in [2.45, 2.75) is 38.5 Å². The van der Waals surface area contributed by atoms with E-state index in [4.69, 9.17) is 14.2 Å². The molecule has 0 aliphatic heterocycles. The van der Waals surface area contributed by atoms with Crippen LogP contribution in [0.4, 0.5) is 5.69 Å². The van der Waals surface area contributed by atoms with Crippen molar-refractivity contribution < 1.29 is 19.0 Å². The summed E-state index contributed by atoms with van der Waals surface area (Å²) in [4.78, 5) is 16.8. The van der Waals surface area contributed by atoms with E-state index in [0.29, 0.717) is 29.4 Å². The van der Waals surface area contributed by atoms with Crippen LogP contribution in [0.25, 0.3) is 21.7 Å². The number of aromatic nitrogens is 1. The van der Waals surface area contributed by atoms with Crippen molar-refractivity contribution in [1.29, 1.82) is 0 Å². The molecule has 1 aliphatic carbocycles. The van der Waals surface area contributed by atoms with Crippen LogP contribution in [-0.4, -0.2) is 25.1 Å². The highest BCUT2D eigenvalue weighted by molar-refractivity contribution is 5.95. The number of carbonyl (C=O) groups is 1. The van der Waals surface area contributed by atoms with Gasteiger partial charge in [-0.3, -0.25) is 9.78 Å². The monoisotopic (exact) mass is 470 g/mol. The molecule has 0 saturated heterocycles. The molecule has 1 N–H and O–H groups in total. The number of hydrogen-bond donors (Lipinski definition) is 1. The van der Waals surface area contributed by atoms with Crippen molar-refractivity contribution in [2.75, 3.05) is 19.5 Å². The normalized spacial score (nSPS) is 13.8. The molecule has 1 fully saturated rings. The van der Waals surface area contributed by atoms with Crippen LogP contribution in [0.1, 0.15) is 38.5 Å². The summed E-state index contributed by atoms with van der Waals surface area (Å²) in [6.07, 6.45) is 8.45. The van der Waals surface area contributed by atoms with Crippen LogP contribution in [0.2, 0.25) is 0 Å². The van der Waals surface area contributed by atoms with Crippen LogP contribution in [-0.2, 0) is 4.79 Å². The fourth-order valence-corrected chi connectivity index (χ4v) is 4.89. The first kappa shape index (κ1) is 23.0. The lowest BCUT2D eigenvalue weighted by Crippen LogP contribution is -2.12. The molecule has 6 heteroatoms. The summed E-state index contributed by atoms with van der Waals surface area (Å²) in [5.41, 5.74) is 1.58. The van der Waals surface area contributed by atoms with E-state index in [1.165, 1.54) is 25.7 Å². The average Bonchev–Trinajstić information content (AvgIpc) is 3.41. The van der Waals surface area contributed by atoms with Crippen molar-refractivity contribution in [2.24, 2.45) is 5.92 Å². The van der Waals surface area contributed by atoms with Gasteiger partial charge in [-0.15, -0.1) is 0 Å². The summed E-state index contributed by atoms with van der Waals surface area (Å²) < 4.78 is 17.1. The van der Waals surface area contributed by atoms with Crippen molar-refractivity contribution in [3.05, 3.63) is 60.8 Å². The molecule has 35 heavy (non-hydrogen) atoms. The van der Waals surface area contributed by atoms with E-state index in [2.05, 4.69) is 10.3 Å².